The fourth-order valence-corrected chi connectivity index (χ4v) is 4.86. The number of anilines is 1. The van der Waals surface area contributed by atoms with Crippen molar-refractivity contribution in [3.8, 4) is 0 Å². The Morgan fingerprint density at radius 3 is 2.52 bits per heavy atom. The quantitative estimate of drug-likeness (QED) is 0.356. The summed E-state index contributed by atoms with van der Waals surface area (Å²) in [6.45, 7) is 5.96. The zero-order valence-corrected chi connectivity index (χ0v) is 19.1. The van der Waals surface area contributed by atoms with Gasteiger partial charge in [-0.3, -0.25) is 13.9 Å². The molecule has 29 heavy (non-hydrogen) atoms. The van der Waals surface area contributed by atoms with Crippen molar-refractivity contribution in [3.05, 3.63) is 42.0 Å². The Labute approximate surface area is 178 Å². The summed E-state index contributed by atoms with van der Waals surface area (Å²) in [5.74, 6) is 0.518. The van der Waals surface area contributed by atoms with Crippen LogP contribution < -0.4 is 4.90 Å². The van der Waals surface area contributed by atoms with Gasteiger partial charge in [0.1, 0.15) is 0 Å². The number of allylic oxidation sites excluding steroid dienone is 1. The maximum absolute atomic E-state index is 12.4. The minimum absolute atomic E-state index is 0.00337. The molecule has 6 nitrogen and oxygen atoms in total. The number of amides is 1. The maximum Gasteiger partial charge on any atom is 0.267 e. The van der Waals surface area contributed by atoms with Crippen molar-refractivity contribution < 1.29 is 22.5 Å². The van der Waals surface area contributed by atoms with Crippen molar-refractivity contribution in [1.29, 1.82) is 0 Å². The van der Waals surface area contributed by atoms with Crippen molar-refractivity contribution in [1.82, 2.24) is 0 Å². The number of thioether (sulfide) groups is 1. The first-order valence-corrected chi connectivity index (χ1v) is 12.3. The van der Waals surface area contributed by atoms with Crippen LogP contribution in [0, 0.1) is 5.41 Å². The molecule has 162 valence electrons. The summed E-state index contributed by atoms with van der Waals surface area (Å²) < 4.78 is 27.0. The molecule has 1 N–H and O–H groups in total. The second-order valence-electron chi connectivity index (χ2n) is 8.17. The van der Waals surface area contributed by atoms with Crippen molar-refractivity contribution in [3.63, 3.8) is 0 Å². The van der Waals surface area contributed by atoms with Gasteiger partial charge in [-0.15, -0.1) is 11.8 Å². The van der Waals surface area contributed by atoms with Gasteiger partial charge in [-0.1, -0.05) is 45.1 Å². The van der Waals surface area contributed by atoms with Crippen molar-refractivity contribution in [2.24, 2.45) is 5.41 Å². The molecule has 2 rings (SSSR count). The van der Waals surface area contributed by atoms with Crippen LogP contribution >= 0.6 is 11.8 Å². The first-order valence-electron chi connectivity index (χ1n) is 9.70. The molecule has 1 aromatic rings. The molecule has 1 fully saturated rings. The van der Waals surface area contributed by atoms with Gasteiger partial charge >= 0.3 is 0 Å². The normalized spacial score (nSPS) is 19.3. The Bertz CT molecular complexity index is 812. The Balaban J connectivity index is 1.95. The molecule has 1 aromatic carbocycles. The number of carbonyl (C=O) groups is 1. The number of carbonyl (C=O) groups excluding carboxylic acids is 1. The first-order chi connectivity index (χ1) is 13.5. The third-order valence-corrected chi connectivity index (χ3v) is 7.28. The molecular weight excluding hydrogens is 410 g/mol. The second-order valence-corrected chi connectivity index (χ2v) is 11.2. The van der Waals surface area contributed by atoms with Crippen molar-refractivity contribution >= 4 is 33.5 Å². The molecule has 0 aromatic heterocycles. The van der Waals surface area contributed by atoms with E-state index < -0.39 is 16.2 Å². The number of unbranched alkanes of at least 4 members (excludes halogenated alkanes) is 1. The Hall–Kier alpha value is -1.35. The van der Waals surface area contributed by atoms with Gasteiger partial charge in [0, 0.05) is 5.69 Å². The lowest BCUT2D eigenvalue weighted by Crippen LogP contribution is -2.32. The number of aliphatic hydroxyl groups excluding tert-OH is 1. The van der Waals surface area contributed by atoms with E-state index in [0.29, 0.717) is 25.0 Å². The van der Waals surface area contributed by atoms with Crippen LogP contribution in [0.15, 0.2) is 36.4 Å². The molecule has 0 saturated carbocycles. The van der Waals surface area contributed by atoms with E-state index >= 15 is 0 Å². The van der Waals surface area contributed by atoms with E-state index in [-0.39, 0.29) is 22.4 Å². The van der Waals surface area contributed by atoms with Gasteiger partial charge < -0.3 is 5.11 Å². The number of benzene rings is 1. The van der Waals surface area contributed by atoms with Gasteiger partial charge in [-0.05, 0) is 42.4 Å². The third-order valence-electron chi connectivity index (χ3n) is 4.79. The van der Waals surface area contributed by atoms with Gasteiger partial charge in [0.25, 0.3) is 10.1 Å². The molecule has 0 spiro atoms. The molecule has 0 aliphatic carbocycles. The van der Waals surface area contributed by atoms with E-state index in [1.54, 1.807) is 16.7 Å². The van der Waals surface area contributed by atoms with E-state index in [0.717, 1.165) is 11.3 Å². The maximum atomic E-state index is 12.4. The Kier molecular flexibility index (Phi) is 8.34. The van der Waals surface area contributed by atoms with E-state index in [1.165, 1.54) is 7.11 Å². The third kappa shape index (κ3) is 6.84. The molecule has 1 aliphatic heterocycles. The van der Waals surface area contributed by atoms with Crippen LogP contribution in [0.25, 0.3) is 0 Å². The highest BCUT2D eigenvalue weighted by Gasteiger charge is 2.32. The summed E-state index contributed by atoms with van der Waals surface area (Å²) in [5, 5.41) is 10.4. The van der Waals surface area contributed by atoms with E-state index in [2.05, 4.69) is 4.18 Å². The largest absolute Gasteiger partial charge is 0.388 e. The number of rotatable bonds is 9. The summed E-state index contributed by atoms with van der Waals surface area (Å²) >= 11 is 1.60. The van der Waals surface area contributed by atoms with Gasteiger partial charge in [0.15, 0.2) is 0 Å². The average molecular weight is 442 g/mol. The summed E-state index contributed by atoms with van der Waals surface area (Å²) in [6, 6.07) is 7.54. The highest BCUT2D eigenvalue weighted by atomic mass is 32.2. The fraction of sp³-hybridized carbons (Fsp3) is 0.571. The van der Waals surface area contributed by atoms with Crippen LogP contribution in [-0.4, -0.2) is 43.4 Å². The molecule has 0 radical (unpaired) electrons. The standard InChI is InChI=1S/C21H31NO5S2/c1-21(2,3)20(24)16-10-12-17(13-11-16)22-18(23)15-28-19(22)9-7-5-6-8-14-29(25,26)27-4/h5,7,10-13,19-20,24H,6,8-9,14-15H2,1-4H3/b7-5-. The summed E-state index contributed by atoms with van der Waals surface area (Å²) in [4.78, 5) is 14.2. The molecule has 1 saturated heterocycles. The minimum atomic E-state index is -3.40. The van der Waals surface area contributed by atoms with Crippen molar-refractivity contribution in [2.45, 2.75) is 51.5 Å². The molecule has 1 amide bonds. The smallest absolute Gasteiger partial charge is 0.267 e. The minimum Gasteiger partial charge on any atom is -0.388 e. The fourth-order valence-electron chi connectivity index (χ4n) is 3.06. The van der Waals surface area contributed by atoms with Gasteiger partial charge in [-0.25, -0.2) is 0 Å². The zero-order valence-electron chi connectivity index (χ0n) is 17.5. The van der Waals surface area contributed by atoms with E-state index in [4.69, 9.17) is 0 Å². The summed E-state index contributed by atoms with van der Waals surface area (Å²) in [5.41, 5.74) is 1.41. The van der Waals surface area contributed by atoms with Gasteiger partial charge in [0.05, 0.1) is 30.1 Å². The lowest BCUT2D eigenvalue weighted by Gasteiger charge is -2.27. The van der Waals surface area contributed by atoms with Crippen molar-refractivity contribution in [2.75, 3.05) is 23.5 Å². The number of hydrogen-bond acceptors (Lipinski definition) is 6. The first kappa shape index (κ1) is 23.9. The molecule has 1 heterocycles. The van der Waals surface area contributed by atoms with Crippen LogP contribution in [-0.2, 0) is 19.1 Å². The molecule has 8 heteroatoms. The van der Waals surface area contributed by atoms with Crippen LogP contribution in [0.3, 0.4) is 0 Å². The topological polar surface area (TPSA) is 83.9 Å². The second kappa shape index (κ2) is 10.1. The molecule has 2 atom stereocenters. The van der Waals surface area contributed by atoms with Crippen LogP contribution in [0.2, 0.25) is 0 Å². The lowest BCUT2D eigenvalue weighted by atomic mass is 9.85. The average Bonchev–Trinajstić information content (AvgIpc) is 3.03. The van der Waals surface area contributed by atoms with Gasteiger partial charge in [0.2, 0.25) is 5.91 Å². The predicted octanol–water partition coefficient (Wildman–Crippen LogP) is 3.87. The SMILES string of the molecule is COS(=O)(=O)CCC/C=C\CC1SCC(=O)N1c1ccc(C(O)C(C)(C)C)cc1. The number of hydrogen-bond donors (Lipinski definition) is 1. The van der Waals surface area contributed by atoms with Crippen LogP contribution in [0.4, 0.5) is 5.69 Å². The highest BCUT2D eigenvalue weighted by molar-refractivity contribution is 8.01. The van der Waals surface area contributed by atoms with Crippen LogP contribution in [0.1, 0.15) is 51.7 Å². The molecule has 1 aliphatic rings. The highest BCUT2D eigenvalue weighted by Crippen LogP contribution is 2.36. The number of aliphatic hydroxyl groups is 1. The monoisotopic (exact) mass is 441 g/mol. The molecular formula is C21H31NO5S2. The Morgan fingerprint density at radius 2 is 1.93 bits per heavy atom. The molecule has 2 unspecified atom stereocenters. The summed E-state index contributed by atoms with van der Waals surface area (Å²) in [6.07, 6.45) is 5.23. The van der Waals surface area contributed by atoms with Crippen LogP contribution in [0.5, 0.6) is 0 Å². The van der Waals surface area contributed by atoms with E-state index in [9.17, 15) is 18.3 Å². The number of nitrogens with zero attached hydrogens (tertiary/aromatic N) is 1. The predicted molar refractivity (Wildman–Crippen MR) is 118 cm³/mol. The van der Waals surface area contributed by atoms with Gasteiger partial charge in [-0.2, -0.15) is 8.42 Å². The van der Waals surface area contributed by atoms with E-state index in [1.807, 2.05) is 57.2 Å². The Morgan fingerprint density at radius 1 is 1.28 bits per heavy atom. The zero-order chi connectivity index (χ0) is 21.7. The lowest BCUT2D eigenvalue weighted by molar-refractivity contribution is -0.115. The molecule has 0 bridgehead atoms. The summed E-state index contributed by atoms with van der Waals surface area (Å²) in [7, 11) is -2.23.